The van der Waals surface area contributed by atoms with Crippen LogP contribution in [0.2, 0.25) is 0 Å². The number of hydrogen-bond donors (Lipinski definition) is 0. The maximum atomic E-state index is 12.9. The molecule has 2 nitrogen and oxygen atoms in total. The van der Waals surface area contributed by atoms with E-state index in [1.807, 2.05) is 6.92 Å². The summed E-state index contributed by atoms with van der Waals surface area (Å²) in [6.07, 6.45) is -4.31. The predicted molar refractivity (Wildman–Crippen MR) is 70.5 cm³/mol. The standard InChI is InChI=1S/C14H11F3N.H2N.Y/c1-8-7-18-12-6-5-9-10(13(8)12)3-2-4-11(9)14(15,16)17;;/h2-6,8H,7H2,1H3;1H2;/q2*-1;. The molecule has 3 rings (SSSR count). The quantitative estimate of drug-likeness (QED) is 0.582. The van der Waals surface area contributed by atoms with Crippen molar-refractivity contribution in [1.82, 2.24) is 0 Å². The molecular weight excluding hydrogens is 342 g/mol. The Morgan fingerprint density at radius 2 is 1.80 bits per heavy atom. The van der Waals surface area contributed by atoms with Gasteiger partial charge in [-0.1, -0.05) is 36.8 Å². The molecule has 1 heterocycles. The number of hydrogen-bond acceptors (Lipinski definition) is 0. The number of rotatable bonds is 0. The van der Waals surface area contributed by atoms with Gasteiger partial charge in [-0.15, -0.1) is 12.2 Å². The monoisotopic (exact) mass is 355 g/mol. The van der Waals surface area contributed by atoms with Gasteiger partial charge in [0.1, 0.15) is 0 Å². The SMILES string of the molecule is CC1C[N-]c2ccc3c(C(F)(F)F)cccc3c21.[NH2-].[Y]. The van der Waals surface area contributed by atoms with Crippen LogP contribution in [0.5, 0.6) is 0 Å². The first-order valence-electron chi connectivity index (χ1n) is 5.79. The number of fused-ring (bicyclic) bond motifs is 3. The van der Waals surface area contributed by atoms with Gasteiger partial charge in [0.15, 0.2) is 0 Å². The normalized spacial score (nSPS) is 16.9. The molecule has 1 atom stereocenters. The molecule has 0 fully saturated rings. The molecule has 105 valence electrons. The Kier molecular flexibility index (Phi) is 5.22. The van der Waals surface area contributed by atoms with E-state index in [0.29, 0.717) is 11.9 Å². The van der Waals surface area contributed by atoms with Gasteiger partial charge in [-0.05, 0) is 22.8 Å². The smallest absolute Gasteiger partial charge is 0.417 e. The fraction of sp³-hybridized carbons (Fsp3) is 0.286. The van der Waals surface area contributed by atoms with E-state index in [9.17, 15) is 13.2 Å². The molecule has 0 saturated heterocycles. The van der Waals surface area contributed by atoms with E-state index in [2.05, 4.69) is 5.32 Å². The molecule has 1 aliphatic rings. The zero-order valence-electron chi connectivity index (χ0n) is 10.9. The van der Waals surface area contributed by atoms with Crippen molar-refractivity contribution in [3.8, 4) is 0 Å². The van der Waals surface area contributed by atoms with Crippen LogP contribution in [0, 0.1) is 0 Å². The van der Waals surface area contributed by atoms with Crippen molar-refractivity contribution in [2.75, 3.05) is 6.54 Å². The van der Waals surface area contributed by atoms with Crippen molar-refractivity contribution in [3.63, 3.8) is 0 Å². The first-order chi connectivity index (χ1) is 8.48. The summed E-state index contributed by atoms with van der Waals surface area (Å²) in [7, 11) is 0. The van der Waals surface area contributed by atoms with Gasteiger partial charge in [0, 0.05) is 32.7 Å². The summed E-state index contributed by atoms with van der Waals surface area (Å²) < 4.78 is 38.8. The number of nitrogens with zero attached hydrogens (tertiary/aromatic N) is 1. The Bertz CT molecular complexity index is 626. The Balaban J connectivity index is 0.000001000. The molecule has 0 amide bonds. The largest absolute Gasteiger partial charge is 0.693 e. The Morgan fingerprint density at radius 3 is 2.45 bits per heavy atom. The summed E-state index contributed by atoms with van der Waals surface area (Å²) in [5.41, 5.74) is 1.20. The average molecular weight is 355 g/mol. The molecule has 0 aromatic heterocycles. The summed E-state index contributed by atoms with van der Waals surface area (Å²) in [5, 5.41) is 5.29. The van der Waals surface area contributed by atoms with Crippen LogP contribution in [0.1, 0.15) is 24.0 Å². The summed E-state index contributed by atoms with van der Waals surface area (Å²) in [6, 6.07) is 7.57. The van der Waals surface area contributed by atoms with Crippen LogP contribution in [0.25, 0.3) is 22.2 Å². The van der Waals surface area contributed by atoms with Crippen LogP contribution in [0.15, 0.2) is 30.3 Å². The van der Waals surface area contributed by atoms with Crippen molar-refractivity contribution in [2.45, 2.75) is 19.0 Å². The molecule has 1 aliphatic heterocycles. The molecule has 0 aliphatic carbocycles. The number of benzene rings is 2. The summed E-state index contributed by atoms with van der Waals surface area (Å²) in [6.45, 7) is 2.65. The molecule has 1 unspecified atom stereocenters. The summed E-state index contributed by atoms with van der Waals surface area (Å²) >= 11 is 0. The van der Waals surface area contributed by atoms with Crippen molar-refractivity contribution in [3.05, 3.63) is 52.9 Å². The van der Waals surface area contributed by atoms with Crippen LogP contribution in [-0.4, -0.2) is 6.54 Å². The Morgan fingerprint density at radius 1 is 1.10 bits per heavy atom. The van der Waals surface area contributed by atoms with Gasteiger partial charge in [0.25, 0.3) is 0 Å². The molecule has 1 radical (unpaired) electrons. The van der Waals surface area contributed by atoms with Crippen LogP contribution in [0.3, 0.4) is 0 Å². The summed E-state index contributed by atoms with van der Waals surface area (Å²) in [4.78, 5) is 0. The number of nitrogens with two attached hydrogens (primary N) is 1. The fourth-order valence-electron chi connectivity index (χ4n) is 2.60. The van der Waals surface area contributed by atoms with Crippen LogP contribution in [-0.2, 0) is 38.9 Å². The molecular formula is C14H13F3N2Y-2. The van der Waals surface area contributed by atoms with Gasteiger partial charge in [0.2, 0.25) is 0 Å². The van der Waals surface area contributed by atoms with Gasteiger partial charge < -0.3 is 11.5 Å². The van der Waals surface area contributed by atoms with Crippen molar-refractivity contribution in [1.29, 1.82) is 0 Å². The molecule has 2 N–H and O–H groups in total. The second-order valence-corrected chi connectivity index (χ2v) is 4.64. The van der Waals surface area contributed by atoms with E-state index in [1.165, 1.54) is 12.1 Å². The third-order valence-corrected chi connectivity index (χ3v) is 3.41. The first-order valence-corrected chi connectivity index (χ1v) is 5.79. The van der Waals surface area contributed by atoms with E-state index < -0.39 is 11.7 Å². The molecule has 2 aromatic rings. The van der Waals surface area contributed by atoms with Gasteiger partial charge in [0.05, 0.1) is 5.56 Å². The van der Waals surface area contributed by atoms with Crippen molar-refractivity contribution >= 4 is 16.5 Å². The second kappa shape index (κ2) is 6.00. The van der Waals surface area contributed by atoms with Crippen LogP contribution in [0.4, 0.5) is 18.9 Å². The maximum absolute atomic E-state index is 12.9. The zero-order chi connectivity index (χ0) is 12.9. The third kappa shape index (κ3) is 2.71. The maximum Gasteiger partial charge on any atom is 0.417 e. The minimum absolute atomic E-state index is 0. The topological polar surface area (TPSA) is 47.6 Å². The van der Waals surface area contributed by atoms with E-state index >= 15 is 0 Å². The van der Waals surface area contributed by atoms with Crippen LogP contribution < -0.4 is 0 Å². The van der Waals surface area contributed by atoms with E-state index in [-0.39, 0.29) is 50.2 Å². The molecule has 6 heteroatoms. The minimum atomic E-state index is -4.31. The first kappa shape index (κ1) is 17.4. The van der Waals surface area contributed by atoms with Crippen LogP contribution >= 0.6 is 0 Å². The Labute approximate surface area is 140 Å². The fourth-order valence-corrected chi connectivity index (χ4v) is 2.60. The molecule has 0 saturated carbocycles. The molecule has 0 bridgehead atoms. The van der Waals surface area contributed by atoms with Gasteiger partial charge in [-0.2, -0.15) is 13.2 Å². The minimum Gasteiger partial charge on any atom is -0.693 e. The summed E-state index contributed by atoms with van der Waals surface area (Å²) in [5.74, 6) is 0.187. The van der Waals surface area contributed by atoms with E-state index in [4.69, 9.17) is 0 Å². The average Bonchev–Trinajstić information content (AvgIpc) is 2.69. The number of halogens is 3. The van der Waals surface area contributed by atoms with E-state index in [1.54, 1.807) is 12.1 Å². The molecule has 0 spiro atoms. The molecule has 20 heavy (non-hydrogen) atoms. The zero-order valence-corrected chi connectivity index (χ0v) is 13.7. The number of alkyl halides is 3. The Hall–Kier alpha value is -0.646. The third-order valence-electron chi connectivity index (χ3n) is 3.41. The van der Waals surface area contributed by atoms with Gasteiger partial charge >= 0.3 is 6.18 Å². The van der Waals surface area contributed by atoms with Gasteiger partial charge in [-0.3, -0.25) is 0 Å². The van der Waals surface area contributed by atoms with E-state index in [0.717, 1.165) is 17.3 Å². The van der Waals surface area contributed by atoms with Crippen molar-refractivity contribution < 1.29 is 45.9 Å². The van der Waals surface area contributed by atoms with Gasteiger partial charge in [-0.25, -0.2) is 0 Å². The second-order valence-electron chi connectivity index (χ2n) is 4.64. The predicted octanol–water partition coefficient (Wildman–Crippen LogP) is 5.70. The molecule has 2 aromatic carbocycles. The van der Waals surface area contributed by atoms with Crippen molar-refractivity contribution in [2.24, 2.45) is 0 Å².